The Morgan fingerprint density at radius 2 is 2.13 bits per heavy atom. The molecule has 0 bridgehead atoms. The number of rotatable bonds is 8. The third kappa shape index (κ3) is 4.02. The van der Waals surface area contributed by atoms with Crippen molar-refractivity contribution < 1.29 is 24.1 Å². The number of aromatic nitrogens is 5. The fourth-order valence-corrected chi connectivity index (χ4v) is 4.57. The fraction of sp³-hybridized carbons (Fsp3) is 0.722. The number of hydrogen-bond donors (Lipinski definition) is 2. The second-order valence-electron chi connectivity index (χ2n) is 7.86. The molecule has 3 heterocycles. The van der Waals surface area contributed by atoms with Crippen molar-refractivity contribution >= 4 is 34.5 Å². The van der Waals surface area contributed by atoms with E-state index in [9.17, 15) is 4.79 Å². The molecule has 164 valence electrons. The number of fused-ring (bicyclic) bond motifs is 2. The van der Waals surface area contributed by atoms with E-state index in [0.29, 0.717) is 22.7 Å². The summed E-state index contributed by atoms with van der Waals surface area (Å²) in [6.45, 7) is 5.00. The van der Waals surface area contributed by atoms with Gasteiger partial charge in [-0.15, -0.1) is 5.10 Å². The topological polar surface area (TPSA) is 148 Å². The first kappa shape index (κ1) is 21.4. The van der Waals surface area contributed by atoms with Gasteiger partial charge in [0.25, 0.3) is 0 Å². The Labute approximate surface area is 177 Å². The third-order valence-electron chi connectivity index (χ3n) is 5.10. The first-order chi connectivity index (χ1) is 14.3. The number of thioether (sulfide) groups is 1. The number of ketones is 1. The number of anilines is 1. The molecule has 2 aromatic heterocycles. The van der Waals surface area contributed by atoms with Gasteiger partial charge in [0.2, 0.25) is 0 Å². The van der Waals surface area contributed by atoms with E-state index in [4.69, 9.17) is 25.1 Å². The Morgan fingerprint density at radius 3 is 2.87 bits per heavy atom. The molecule has 11 nitrogen and oxygen atoms in total. The molecule has 0 radical (unpaired) electrons. The number of hydrogen-bond acceptors (Lipinski definition) is 11. The Hall–Kier alpha value is -1.86. The lowest BCUT2D eigenvalue weighted by molar-refractivity contribution is -0.171. The van der Waals surface area contributed by atoms with Crippen LogP contribution < -0.4 is 5.73 Å². The standard InChI is InChI=1S/C18H26N6O5S/c1-4-5-30-17-20-15(19)12-16(21-17)24(23-22-12)10-6-11(27-8-9(26)7-25)14-13(10)28-18(2,3)29-14/h10-11,13-14,25H,4-8H2,1-3H3,(H2,19,20,21)/t10-,11+,13+,14-/m1/s1. The van der Waals surface area contributed by atoms with E-state index in [-0.39, 0.29) is 30.7 Å². The molecule has 2 fully saturated rings. The molecular formula is C18H26N6O5S. The number of carbonyl (C=O) groups excluding carboxylic acids is 1. The summed E-state index contributed by atoms with van der Waals surface area (Å²) in [6, 6.07) is -0.269. The Morgan fingerprint density at radius 1 is 1.37 bits per heavy atom. The number of carbonyl (C=O) groups is 1. The maximum absolute atomic E-state index is 11.5. The number of nitrogens with two attached hydrogens (primary N) is 1. The normalized spacial score (nSPS) is 27.6. The van der Waals surface area contributed by atoms with Crippen LogP contribution in [0.15, 0.2) is 5.16 Å². The molecule has 4 atom stereocenters. The van der Waals surface area contributed by atoms with E-state index < -0.39 is 24.3 Å². The molecule has 2 aromatic rings. The van der Waals surface area contributed by atoms with Crippen LogP contribution in [-0.2, 0) is 19.0 Å². The van der Waals surface area contributed by atoms with Gasteiger partial charge in [0.1, 0.15) is 25.4 Å². The molecule has 0 amide bonds. The van der Waals surface area contributed by atoms with Crippen LogP contribution in [0.2, 0.25) is 0 Å². The smallest absolute Gasteiger partial charge is 0.191 e. The van der Waals surface area contributed by atoms with Gasteiger partial charge in [-0.05, 0) is 20.3 Å². The molecule has 0 unspecified atom stereocenters. The Kier molecular flexibility index (Phi) is 5.95. The highest BCUT2D eigenvalue weighted by Gasteiger charge is 2.56. The van der Waals surface area contributed by atoms with E-state index >= 15 is 0 Å². The molecule has 2 aliphatic rings. The number of nitrogens with zero attached hydrogens (tertiary/aromatic N) is 5. The van der Waals surface area contributed by atoms with Crippen molar-refractivity contribution in [1.29, 1.82) is 0 Å². The van der Waals surface area contributed by atoms with Crippen LogP contribution in [0.25, 0.3) is 11.2 Å². The SMILES string of the molecule is CCCSc1nc(N)c2nnn([C@@H]3C[C@H](OCC(=O)CO)[C@H]4OC(C)(C)O[C@H]43)c2n1. The Bertz CT molecular complexity index is 937. The zero-order valence-electron chi connectivity index (χ0n) is 17.1. The van der Waals surface area contributed by atoms with Crippen LogP contribution in [0.5, 0.6) is 0 Å². The minimum Gasteiger partial charge on any atom is -0.388 e. The van der Waals surface area contributed by atoms with Gasteiger partial charge in [-0.2, -0.15) is 0 Å². The highest BCUT2D eigenvalue weighted by atomic mass is 32.2. The average molecular weight is 439 g/mol. The van der Waals surface area contributed by atoms with E-state index in [1.54, 1.807) is 4.68 Å². The molecule has 0 spiro atoms. The quantitative estimate of drug-likeness (QED) is 0.443. The summed E-state index contributed by atoms with van der Waals surface area (Å²) in [5.41, 5.74) is 7.06. The number of Topliss-reactive ketones (excluding diaryl/α,β-unsaturated/α-hetero) is 1. The van der Waals surface area contributed by atoms with Crippen LogP contribution in [-0.4, -0.2) is 78.9 Å². The lowest BCUT2D eigenvalue weighted by Gasteiger charge is -2.23. The van der Waals surface area contributed by atoms with Crippen molar-refractivity contribution in [3.8, 4) is 0 Å². The van der Waals surface area contributed by atoms with E-state index in [1.165, 1.54) is 11.8 Å². The summed E-state index contributed by atoms with van der Waals surface area (Å²) in [5, 5.41) is 18.0. The first-order valence-electron chi connectivity index (χ1n) is 9.94. The number of nitrogen functional groups attached to an aromatic ring is 1. The summed E-state index contributed by atoms with van der Waals surface area (Å²) >= 11 is 1.52. The van der Waals surface area contributed by atoms with Gasteiger partial charge in [-0.3, -0.25) is 4.79 Å². The molecule has 4 rings (SSSR count). The zero-order valence-corrected chi connectivity index (χ0v) is 18.0. The lowest BCUT2D eigenvalue weighted by atomic mass is 10.2. The maximum Gasteiger partial charge on any atom is 0.191 e. The second-order valence-corrected chi connectivity index (χ2v) is 8.92. The van der Waals surface area contributed by atoms with Crippen LogP contribution in [0.1, 0.15) is 39.7 Å². The molecule has 1 aliphatic heterocycles. The van der Waals surface area contributed by atoms with Gasteiger partial charge in [0.15, 0.2) is 33.7 Å². The van der Waals surface area contributed by atoms with Gasteiger partial charge < -0.3 is 25.1 Å². The van der Waals surface area contributed by atoms with Gasteiger partial charge >= 0.3 is 0 Å². The molecule has 1 saturated heterocycles. The van der Waals surface area contributed by atoms with Gasteiger partial charge in [0.05, 0.1) is 12.1 Å². The number of ether oxygens (including phenoxy) is 3. The van der Waals surface area contributed by atoms with E-state index in [2.05, 4.69) is 27.2 Å². The van der Waals surface area contributed by atoms with Crippen molar-refractivity contribution in [1.82, 2.24) is 25.0 Å². The minimum atomic E-state index is -0.802. The molecular weight excluding hydrogens is 412 g/mol. The fourth-order valence-electron chi connectivity index (χ4n) is 3.87. The van der Waals surface area contributed by atoms with Crippen LogP contribution in [0, 0.1) is 0 Å². The van der Waals surface area contributed by atoms with Gasteiger partial charge in [-0.1, -0.05) is 23.9 Å². The predicted octanol–water partition coefficient (Wildman–Crippen LogP) is 0.717. The van der Waals surface area contributed by atoms with Crippen molar-refractivity contribution in [2.45, 2.75) is 68.9 Å². The van der Waals surface area contributed by atoms with Crippen molar-refractivity contribution in [3.05, 3.63) is 0 Å². The number of aliphatic hydroxyl groups is 1. The molecule has 12 heteroatoms. The summed E-state index contributed by atoms with van der Waals surface area (Å²) in [5.74, 6) is -0.0360. The van der Waals surface area contributed by atoms with E-state index in [1.807, 2.05) is 13.8 Å². The Balaban J connectivity index is 1.66. The van der Waals surface area contributed by atoms with Gasteiger partial charge in [0, 0.05) is 12.2 Å². The summed E-state index contributed by atoms with van der Waals surface area (Å²) in [6.07, 6.45) is 0.335. The highest BCUT2D eigenvalue weighted by molar-refractivity contribution is 7.99. The lowest BCUT2D eigenvalue weighted by Crippen LogP contribution is -2.32. The molecule has 1 aliphatic carbocycles. The summed E-state index contributed by atoms with van der Waals surface area (Å²) in [4.78, 5) is 20.5. The second kappa shape index (κ2) is 8.35. The van der Waals surface area contributed by atoms with Crippen molar-refractivity contribution in [2.24, 2.45) is 0 Å². The largest absolute Gasteiger partial charge is 0.388 e. The summed E-state index contributed by atoms with van der Waals surface area (Å²) in [7, 11) is 0. The van der Waals surface area contributed by atoms with Crippen molar-refractivity contribution in [3.63, 3.8) is 0 Å². The third-order valence-corrected chi connectivity index (χ3v) is 6.15. The minimum absolute atomic E-state index is 0.189. The monoisotopic (exact) mass is 438 g/mol. The molecule has 0 aromatic carbocycles. The molecule has 30 heavy (non-hydrogen) atoms. The van der Waals surface area contributed by atoms with Crippen LogP contribution >= 0.6 is 11.8 Å². The first-order valence-corrected chi connectivity index (χ1v) is 10.9. The predicted molar refractivity (Wildman–Crippen MR) is 108 cm³/mol. The highest BCUT2D eigenvalue weighted by Crippen LogP contribution is 2.45. The summed E-state index contributed by atoms with van der Waals surface area (Å²) < 4.78 is 19.7. The zero-order chi connectivity index (χ0) is 21.5. The van der Waals surface area contributed by atoms with E-state index in [0.717, 1.165) is 12.2 Å². The average Bonchev–Trinajstić information content (AvgIpc) is 3.35. The van der Waals surface area contributed by atoms with Crippen LogP contribution in [0.3, 0.4) is 0 Å². The van der Waals surface area contributed by atoms with Gasteiger partial charge in [-0.25, -0.2) is 14.6 Å². The van der Waals surface area contributed by atoms with Crippen LogP contribution in [0.4, 0.5) is 5.82 Å². The molecule has 3 N–H and O–H groups in total. The molecule has 1 saturated carbocycles. The van der Waals surface area contributed by atoms with Crippen molar-refractivity contribution in [2.75, 3.05) is 24.7 Å². The number of aliphatic hydroxyl groups excluding tert-OH is 1. The maximum atomic E-state index is 11.5.